The standard InChI is InChI=1S/C12H23N/c1-10(2)6-8-12(11(3)4)7-5-9-13-12/h11,13H,1,5-9H2,2-4H3. The quantitative estimate of drug-likeness (QED) is 0.657. The summed E-state index contributed by atoms with van der Waals surface area (Å²) >= 11 is 0. The number of hydrogen-bond donors (Lipinski definition) is 1. The van der Waals surface area contributed by atoms with Crippen molar-refractivity contribution in [2.75, 3.05) is 6.54 Å². The molecule has 1 nitrogen and oxygen atoms in total. The van der Waals surface area contributed by atoms with Crippen LogP contribution in [0.15, 0.2) is 12.2 Å². The van der Waals surface area contributed by atoms with E-state index in [1.807, 2.05) is 0 Å². The summed E-state index contributed by atoms with van der Waals surface area (Å²) in [6.45, 7) is 12.0. The van der Waals surface area contributed by atoms with Crippen LogP contribution in [0.5, 0.6) is 0 Å². The van der Waals surface area contributed by atoms with Crippen LogP contribution in [0.1, 0.15) is 46.5 Å². The fourth-order valence-electron chi connectivity index (χ4n) is 2.26. The molecule has 0 bridgehead atoms. The van der Waals surface area contributed by atoms with Crippen molar-refractivity contribution in [3.05, 3.63) is 12.2 Å². The molecule has 0 aromatic carbocycles. The molecule has 0 radical (unpaired) electrons. The van der Waals surface area contributed by atoms with Crippen LogP contribution >= 0.6 is 0 Å². The molecule has 0 aromatic rings. The SMILES string of the molecule is C=C(C)CCC1(C(C)C)CCCN1. The third-order valence-corrected chi connectivity index (χ3v) is 3.38. The fraction of sp³-hybridized carbons (Fsp3) is 0.833. The van der Waals surface area contributed by atoms with E-state index in [9.17, 15) is 0 Å². The second kappa shape index (κ2) is 4.28. The molecule has 1 heterocycles. The van der Waals surface area contributed by atoms with E-state index < -0.39 is 0 Å². The Morgan fingerprint density at radius 3 is 2.62 bits per heavy atom. The lowest BCUT2D eigenvalue weighted by molar-refractivity contribution is 0.252. The maximum Gasteiger partial charge on any atom is 0.0207 e. The molecule has 13 heavy (non-hydrogen) atoms. The predicted octanol–water partition coefficient (Wildman–Crippen LogP) is 3.12. The van der Waals surface area contributed by atoms with Crippen molar-refractivity contribution in [1.29, 1.82) is 0 Å². The van der Waals surface area contributed by atoms with Gasteiger partial charge in [-0.1, -0.05) is 19.4 Å². The molecule has 0 aliphatic carbocycles. The molecule has 0 aromatic heterocycles. The smallest absolute Gasteiger partial charge is 0.0207 e. The lowest BCUT2D eigenvalue weighted by atomic mass is 9.80. The van der Waals surface area contributed by atoms with Gasteiger partial charge >= 0.3 is 0 Å². The minimum atomic E-state index is 0.416. The Kier molecular flexibility index (Phi) is 3.55. The monoisotopic (exact) mass is 181 g/mol. The van der Waals surface area contributed by atoms with Gasteiger partial charge in [-0.2, -0.15) is 0 Å². The summed E-state index contributed by atoms with van der Waals surface area (Å²) in [6.07, 6.45) is 5.12. The normalized spacial score (nSPS) is 28.3. The number of allylic oxidation sites excluding steroid dienone is 1. The second-order valence-corrected chi connectivity index (χ2v) is 4.80. The van der Waals surface area contributed by atoms with Gasteiger partial charge in [0.15, 0.2) is 0 Å². The Morgan fingerprint density at radius 1 is 1.54 bits per heavy atom. The van der Waals surface area contributed by atoms with Gasteiger partial charge in [-0.25, -0.2) is 0 Å². The van der Waals surface area contributed by atoms with E-state index in [0.29, 0.717) is 5.54 Å². The van der Waals surface area contributed by atoms with Crippen molar-refractivity contribution < 1.29 is 0 Å². The second-order valence-electron chi connectivity index (χ2n) is 4.80. The van der Waals surface area contributed by atoms with Crippen LogP contribution < -0.4 is 5.32 Å². The van der Waals surface area contributed by atoms with Gasteiger partial charge in [0.2, 0.25) is 0 Å². The molecule has 1 N–H and O–H groups in total. The van der Waals surface area contributed by atoms with E-state index in [-0.39, 0.29) is 0 Å². The summed E-state index contributed by atoms with van der Waals surface area (Å²) in [5, 5.41) is 3.68. The third-order valence-electron chi connectivity index (χ3n) is 3.38. The highest BCUT2D eigenvalue weighted by Gasteiger charge is 2.35. The molecule has 0 spiro atoms. The molecule has 1 aliphatic rings. The summed E-state index contributed by atoms with van der Waals surface area (Å²) in [5.74, 6) is 0.745. The van der Waals surface area contributed by atoms with Crippen molar-refractivity contribution in [3.8, 4) is 0 Å². The molecule has 1 heteroatoms. The highest BCUT2D eigenvalue weighted by atomic mass is 15.0. The maximum absolute atomic E-state index is 3.98. The van der Waals surface area contributed by atoms with Crippen LogP contribution in [-0.2, 0) is 0 Å². The molecule has 1 fully saturated rings. The van der Waals surface area contributed by atoms with Gasteiger partial charge in [-0.3, -0.25) is 0 Å². The van der Waals surface area contributed by atoms with Gasteiger partial charge in [0, 0.05) is 5.54 Å². The lowest BCUT2D eigenvalue weighted by Crippen LogP contribution is -2.44. The van der Waals surface area contributed by atoms with Crippen molar-refractivity contribution in [2.45, 2.75) is 52.0 Å². The van der Waals surface area contributed by atoms with Crippen LogP contribution in [0.3, 0.4) is 0 Å². The molecule has 1 rings (SSSR count). The van der Waals surface area contributed by atoms with Gasteiger partial charge in [0.05, 0.1) is 0 Å². The first kappa shape index (κ1) is 10.8. The predicted molar refractivity (Wildman–Crippen MR) is 58.9 cm³/mol. The zero-order chi connectivity index (χ0) is 9.90. The average molecular weight is 181 g/mol. The van der Waals surface area contributed by atoms with E-state index in [0.717, 1.165) is 5.92 Å². The Bertz CT molecular complexity index is 176. The van der Waals surface area contributed by atoms with E-state index in [2.05, 4.69) is 32.7 Å². The summed E-state index contributed by atoms with van der Waals surface area (Å²) in [6, 6.07) is 0. The van der Waals surface area contributed by atoms with E-state index in [4.69, 9.17) is 0 Å². The molecule has 0 amide bonds. The van der Waals surface area contributed by atoms with Gasteiger partial charge in [0.25, 0.3) is 0 Å². The summed E-state index contributed by atoms with van der Waals surface area (Å²) in [7, 11) is 0. The summed E-state index contributed by atoms with van der Waals surface area (Å²) < 4.78 is 0. The Morgan fingerprint density at radius 2 is 2.23 bits per heavy atom. The van der Waals surface area contributed by atoms with Crippen LogP contribution in [0.4, 0.5) is 0 Å². The third kappa shape index (κ3) is 2.57. The summed E-state index contributed by atoms with van der Waals surface area (Å²) in [5.41, 5.74) is 1.73. The minimum Gasteiger partial charge on any atom is -0.311 e. The average Bonchev–Trinajstić information content (AvgIpc) is 2.50. The topological polar surface area (TPSA) is 12.0 Å². The highest BCUT2D eigenvalue weighted by Crippen LogP contribution is 2.32. The Balaban J connectivity index is 2.52. The van der Waals surface area contributed by atoms with Gasteiger partial charge in [-0.15, -0.1) is 6.58 Å². The van der Waals surface area contributed by atoms with Crippen LogP contribution in [0, 0.1) is 5.92 Å². The Hall–Kier alpha value is -0.300. The zero-order valence-electron chi connectivity index (χ0n) is 9.32. The largest absolute Gasteiger partial charge is 0.311 e. The first-order valence-electron chi connectivity index (χ1n) is 5.46. The molecule has 1 atom stereocenters. The lowest BCUT2D eigenvalue weighted by Gasteiger charge is -2.34. The van der Waals surface area contributed by atoms with Crippen LogP contribution in [0.25, 0.3) is 0 Å². The van der Waals surface area contributed by atoms with Gasteiger partial charge in [0.1, 0.15) is 0 Å². The van der Waals surface area contributed by atoms with Gasteiger partial charge < -0.3 is 5.32 Å². The van der Waals surface area contributed by atoms with Gasteiger partial charge in [-0.05, 0) is 45.1 Å². The first-order valence-corrected chi connectivity index (χ1v) is 5.46. The molecule has 0 saturated carbocycles. The molecular weight excluding hydrogens is 158 g/mol. The molecule has 1 unspecified atom stereocenters. The van der Waals surface area contributed by atoms with Crippen molar-refractivity contribution in [1.82, 2.24) is 5.32 Å². The summed E-state index contributed by atoms with van der Waals surface area (Å²) in [4.78, 5) is 0. The molecule has 76 valence electrons. The first-order chi connectivity index (χ1) is 6.07. The maximum atomic E-state index is 3.98. The number of nitrogens with one attached hydrogen (secondary N) is 1. The van der Waals surface area contributed by atoms with E-state index in [1.54, 1.807) is 0 Å². The van der Waals surface area contributed by atoms with E-state index >= 15 is 0 Å². The number of hydrogen-bond acceptors (Lipinski definition) is 1. The number of rotatable bonds is 4. The Labute approximate surface area is 82.6 Å². The van der Waals surface area contributed by atoms with Crippen molar-refractivity contribution in [2.24, 2.45) is 5.92 Å². The van der Waals surface area contributed by atoms with Crippen molar-refractivity contribution >= 4 is 0 Å². The highest BCUT2D eigenvalue weighted by molar-refractivity contribution is 4.99. The molecular formula is C12H23N. The van der Waals surface area contributed by atoms with E-state index in [1.165, 1.54) is 37.8 Å². The molecule has 1 aliphatic heterocycles. The zero-order valence-corrected chi connectivity index (χ0v) is 9.32. The van der Waals surface area contributed by atoms with Crippen molar-refractivity contribution in [3.63, 3.8) is 0 Å². The van der Waals surface area contributed by atoms with Crippen LogP contribution in [-0.4, -0.2) is 12.1 Å². The molecule has 1 saturated heterocycles. The minimum absolute atomic E-state index is 0.416. The van der Waals surface area contributed by atoms with Crippen LogP contribution in [0.2, 0.25) is 0 Å². The fourth-order valence-corrected chi connectivity index (χ4v) is 2.26.